The quantitative estimate of drug-likeness (QED) is 0.668. The molecule has 1 aliphatic rings. The molecule has 0 spiro atoms. The second-order valence-corrected chi connectivity index (χ2v) is 7.91. The molecule has 0 unspecified atom stereocenters. The fourth-order valence-corrected chi connectivity index (χ4v) is 3.94. The molecule has 3 amide bonds. The summed E-state index contributed by atoms with van der Waals surface area (Å²) >= 11 is 1.31. The van der Waals surface area contributed by atoms with Crippen LogP contribution in [0.15, 0.2) is 35.7 Å². The Balaban J connectivity index is 1.41. The van der Waals surface area contributed by atoms with Crippen LogP contribution in [0.1, 0.15) is 52.2 Å². The van der Waals surface area contributed by atoms with Gasteiger partial charge in [-0.05, 0) is 60.7 Å². The Bertz CT molecular complexity index is 849. The van der Waals surface area contributed by atoms with Gasteiger partial charge in [-0.1, -0.05) is 24.3 Å². The number of thiophene rings is 1. The number of nitrogens with one attached hydrogen (secondary N) is 3. The van der Waals surface area contributed by atoms with E-state index in [0.29, 0.717) is 4.88 Å². The van der Waals surface area contributed by atoms with Gasteiger partial charge in [0.05, 0.1) is 24.0 Å². The molecule has 7 heteroatoms. The average molecular weight is 400 g/mol. The summed E-state index contributed by atoms with van der Waals surface area (Å²) in [6, 6.07) is 9.73. The van der Waals surface area contributed by atoms with Crippen molar-refractivity contribution in [2.24, 2.45) is 0 Å². The zero-order valence-electron chi connectivity index (χ0n) is 15.9. The smallest absolute Gasteiger partial charge is 0.261 e. The lowest BCUT2D eigenvalue weighted by Crippen LogP contribution is -2.42. The lowest BCUT2D eigenvalue weighted by Gasteiger charge is -2.20. The topological polar surface area (TPSA) is 87.3 Å². The second kappa shape index (κ2) is 9.50. The Kier molecular flexibility index (Phi) is 6.81. The van der Waals surface area contributed by atoms with Gasteiger partial charge in [0.1, 0.15) is 0 Å². The second-order valence-electron chi connectivity index (χ2n) is 6.96. The minimum atomic E-state index is -0.401. The lowest BCUT2D eigenvalue weighted by molar-refractivity contribution is -0.125. The van der Waals surface area contributed by atoms with Crippen LogP contribution in [0.25, 0.3) is 0 Å². The molecule has 1 aromatic heterocycles. The molecule has 0 aliphatic heterocycles. The Morgan fingerprint density at radius 2 is 1.75 bits per heavy atom. The number of carbonyl (C=O) groups excluding carboxylic acids is 3. The first-order valence-electron chi connectivity index (χ1n) is 9.52. The highest BCUT2D eigenvalue weighted by atomic mass is 32.1. The van der Waals surface area contributed by atoms with E-state index in [4.69, 9.17) is 0 Å². The Labute approximate surface area is 168 Å². The van der Waals surface area contributed by atoms with Crippen LogP contribution in [0, 0.1) is 0 Å². The van der Waals surface area contributed by atoms with Crippen molar-refractivity contribution in [3.05, 3.63) is 57.3 Å². The van der Waals surface area contributed by atoms with E-state index < -0.39 is 5.91 Å². The molecule has 6 nitrogen and oxygen atoms in total. The summed E-state index contributed by atoms with van der Waals surface area (Å²) in [5.41, 5.74) is 3.86. The Morgan fingerprint density at radius 3 is 2.50 bits per heavy atom. The van der Waals surface area contributed by atoms with E-state index in [0.717, 1.165) is 18.4 Å². The predicted molar refractivity (Wildman–Crippen MR) is 109 cm³/mol. The summed E-state index contributed by atoms with van der Waals surface area (Å²) in [6.45, 7) is 1.65. The first-order valence-corrected chi connectivity index (χ1v) is 10.4. The summed E-state index contributed by atoms with van der Waals surface area (Å²) in [4.78, 5) is 36.3. The maximum atomic E-state index is 12.1. The van der Waals surface area contributed by atoms with Crippen molar-refractivity contribution in [3.8, 4) is 0 Å². The molecule has 0 radical (unpaired) electrons. The van der Waals surface area contributed by atoms with Gasteiger partial charge in [0.25, 0.3) is 5.91 Å². The van der Waals surface area contributed by atoms with Gasteiger partial charge in [0.2, 0.25) is 11.8 Å². The molecule has 1 atom stereocenters. The number of carbonyl (C=O) groups is 3. The van der Waals surface area contributed by atoms with Gasteiger partial charge in [-0.2, -0.15) is 0 Å². The van der Waals surface area contributed by atoms with Gasteiger partial charge >= 0.3 is 0 Å². The predicted octanol–water partition coefficient (Wildman–Crippen LogP) is 2.35. The maximum Gasteiger partial charge on any atom is 0.261 e. The number of aryl methyl sites for hydroxylation is 2. The highest BCUT2D eigenvalue weighted by Crippen LogP contribution is 2.24. The van der Waals surface area contributed by atoms with Crippen molar-refractivity contribution in [2.45, 2.75) is 38.6 Å². The summed E-state index contributed by atoms with van der Waals surface area (Å²) in [5.74, 6) is -0.958. The van der Waals surface area contributed by atoms with Crippen LogP contribution >= 0.6 is 11.3 Å². The molecule has 0 fully saturated rings. The van der Waals surface area contributed by atoms with Gasteiger partial charge in [-0.15, -0.1) is 11.3 Å². The minimum Gasteiger partial charge on any atom is -0.348 e. The van der Waals surface area contributed by atoms with Gasteiger partial charge in [0, 0.05) is 0 Å². The average Bonchev–Trinajstić information content (AvgIpc) is 3.25. The molecular weight excluding hydrogens is 374 g/mol. The van der Waals surface area contributed by atoms with Crippen LogP contribution in [0.5, 0.6) is 0 Å². The molecular formula is C21H25N3O3S. The van der Waals surface area contributed by atoms with Crippen molar-refractivity contribution in [1.82, 2.24) is 16.0 Å². The largest absolute Gasteiger partial charge is 0.348 e. The first-order chi connectivity index (χ1) is 13.5. The summed E-state index contributed by atoms with van der Waals surface area (Å²) in [6.07, 6.45) is 4.68. The number of rotatable bonds is 7. The molecule has 2 aromatic rings. The molecule has 148 valence electrons. The number of benzene rings is 1. The molecule has 0 saturated heterocycles. The Morgan fingerprint density at radius 1 is 1.00 bits per heavy atom. The third-order valence-corrected chi connectivity index (χ3v) is 5.72. The van der Waals surface area contributed by atoms with Crippen molar-refractivity contribution in [3.63, 3.8) is 0 Å². The van der Waals surface area contributed by atoms with E-state index in [1.165, 1.54) is 35.3 Å². The molecule has 3 rings (SSSR count). The Hall–Kier alpha value is -2.67. The third kappa shape index (κ3) is 5.42. The van der Waals surface area contributed by atoms with Crippen molar-refractivity contribution >= 4 is 29.1 Å². The van der Waals surface area contributed by atoms with Gasteiger partial charge < -0.3 is 16.0 Å². The van der Waals surface area contributed by atoms with Crippen molar-refractivity contribution in [1.29, 1.82) is 0 Å². The van der Waals surface area contributed by atoms with E-state index >= 15 is 0 Å². The van der Waals surface area contributed by atoms with Gasteiger partial charge in [-0.3, -0.25) is 14.4 Å². The minimum absolute atomic E-state index is 0.122. The van der Waals surface area contributed by atoms with Crippen LogP contribution in [0.4, 0.5) is 0 Å². The standard InChI is InChI=1S/C21H25N3O3S/c1-14(16-9-8-15-5-2-3-6-17(15)11-16)24-20(26)13-22-19(25)12-23-21(27)18-7-4-10-28-18/h4,7-11,14H,2-3,5-6,12-13H2,1H3,(H,22,25)(H,23,27)(H,24,26)/t14-/m1/s1. The summed E-state index contributed by atoms with van der Waals surface area (Å²) in [7, 11) is 0. The normalized spacial score (nSPS) is 13.9. The summed E-state index contributed by atoms with van der Waals surface area (Å²) in [5, 5.41) is 9.76. The molecule has 28 heavy (non-hydrogen) atoms. The van der Waals surface area contributed by atoms with E-state index in [-0.39, 0.29) is 30.9 Å². The van der Waals surface area contributed by atoms with E-state index in [1.807, 2.05) is 6.92 Å². The van der Waals surface area contributed by atoms with Crippen LogP contribution in [-0.4, -0.2) is 30.8 Å². The SMILES string of the molecule is C[C@@H](NC(=O)CNC(=O)CNC(=O)c1cccs1)c1ccc2c(c1)CCCC2. The number of hydrogen-bond donors (Lipinski definition) is 3. The molecule has 0 saturated carbocycles. The zero-order chi connectivity index (χ0) is 19.9. The fraction of sp³-hybridized carbons (Fsp3) is 0.381. The highest BCUT2D eigenvalue weighted by Gasteiger charge is 2.15. The van der Waals surface area contributed by atoms with E-state index in [1.54, 1.807) is 17.5 Å². The number of fused-ring (bicyclic) bond motifs is 1. The summed E-state index contributed by atoms with van der Waals surface area (Å²) < 4.78 is 0. The lowest BCUT2D eigenvalue weighted by atomic mass is 9.89. The maximum absolute atomic E-state index is 12.1. The zero-order valence-corrected chi connectivity index (χ0v) is 16.7. The molecule has 1 aliphatic carbocycles. The van der Waals surface area contributed by atoms with Gasteiger partial charge in [-0.25, -0.2) is 0 Å². The molecule has 0 bridgehead atoms. The van der Waals surface area contributed by atoms with Crippen LogP contribution in [-0.2, 0) is 22.4 Å². The highest BCUT2D eigenvalue weighted by molar-refractivity contribution is 7.12. The number of hydrogen-bond acceptors (Lipinski definition) is 4. The first kappa shape index (κ1) is 20.1. The fourth-order valence-electron chi connectivity index (χ4n) is 3.30. The van der Waals surface area contributed by atoms with Crippen molar-refractivity contribution < 1.29 is 14.4 Å². The number of amides is 3. The van der Waals surface area contributed by atoms with E-state index in [2.05, 4.69) is 34.1 Å². The van der Waals surface area contributed by atoms with E-state index in [9.17, 15) is 14.4 Å². The molecule has 1 aromatic carbocycles. The molecule has 3 N–H and O–H groups in total. The monoisotopic (exact) mass is 399 g/mol. The van der Waals surface area contributed by atoms with Crippen LogP contribution in [0.2, 0.25) is 0 Å². The van der Waals surface area contributed by atoms with Crippen molar-refractivity contribution in [2.75, 3.05) is 13.1 Å². The van der Waals surface area contributed by atoms with Gasteiger partial charge in [0.15, 0.2) is 0 Å². The third-order valence-electron chi connectivity index (χ3n) is 4.85. The molecule has 1 heterocycles. The van der Waals surface area contributed by atoms with Crippen LogP contribution < -0.4 is 16.0 Å². The van der Waals surface area contributed by atoms with Crippen LogP contribution in [0.3, 0.4) is 0 Å².